The van der Waals surface area contributed by atoms with Gasteiger partial charge in [0, 0.05) is 28.6 Å². The summed E-state index contributed by atoms with van der Waals surface area (Å²) < 4.78 is 25.8. The molecule has 1 amide bonds. The third kappa shape index (κ3) is 6.99. The number of nitrogens with zero attached hydrogens (tertiary/aromatic N) is 3. The third-order valence-corrected chi connectivity index (χ3v) is 7.69. The van der Waals surface area contributed by atoms with Crippen molar-refractivity contribution < 1.29 is 23.5 Å². The van der Waals surface area contributed by atoms with Crippen molar-refractivity contribution in [3.05, 3.63) is 87.7 Å². The highest BCUT2D eigenvalue weighted by atomic mass is 35.5. The Balaban J connectivity index is 1.44. The number of allylic oxidation sites excluding steroid dienone is 1. The maximum Gasteiger partial charge on any atom is 0.341 e. The standard InChI is InChI=1S/C26H21Cl2FN4O4S2/c1-3-10-33-21(12-37-17-8-9-20(29)19(28)11-17)31-32-26(33)39-14-22(34)30-24-23(25(35)36-2)18(13-38-24)15-4-6-16(27)7-5-15/h3-9,11,13H,1,10,12,14H2,2H3,(H,30,34). The number of carbonyl (C=O) groups is 2. The zero-order chi connectivity index (χ0) is 27.9. The number of thiophene rings is 1. The van der Waals surface area contributed by atoms with E-state index in [1.165, 1.54) is 36.6 Å². The van der Waals surface area contributed by atoms with Crippen molar-refractivity contribution in [2.45, 2.75) is 18.3 Å². The number of methoxy groups -OCH3 is 1. The predicted molar refractivity (Wildman–Crippen MR) is 151 cm³/mol. The van der Waals surface area contributed by atoms with Crippen molar-refractivity contribution in [2.24, 2.45) is 0 Å². The first-order chi connectivity index (χ1) is 18.8. The average Bonchev–Trinajstić information content (AvgIpc) is 3.52. The number of rotatable bonds is 11. The summed E-state index contributed by atoms with van der Waals surface area (Å²) in [5.41, 5.74) is 1.66. The van der Waals surface area contributed by atoms with Crippen LogP contribution >= 0.6 is 46.3 Å². The molecule has 8 nitrogen and oxygen atoms in total. The van der Waals surface area contributed by atoms with Crippen molar-refractivity contribution in [3.63, 3.8) is 0 Å². The van der Waals surface area contributed by atoms with E-state index in [1.54, 1.807) is 40.3 Å². The summed E-state index contributed by atoms with van der Waals surface area (Å²) in [5, 5.41) is 14.3. The van der Waals surface area contributed by atoms with Crippen molar-refractivity contribution in [1.82, 2.24) is 14.8 Å². The van der Waals surface area contributed by atoms with Crippen LogP contribution < -0.4 is 10.1 Å². The van der Waals surface area contributed by atoms with Gasteiger partial charge in [0.05, 0.1) is 17.9 Å². The number of amides is 1. The zero-order valence-electron chi connectivity index (χ0n) is 20.4. The predicted octanol–water partition coefficient (Wildman–Crippen LogP) is 6.73. The number of halogens is 3. The van der Waals surface area contributed by atoms with Gasteiger partial charge in [0.25, 0.3) is 0 Å². The Morgan fingerprint density at radius 3 is 2.67 bits per heavy atom. The molecular weight excluding hydrogens is 586 g/mol. The first-order valence-corrected chi connectivity index (χ1v) is 13.9. The molecular formula is C26H21Cl2FN4O4S2. The molecule has 0 bridgehead atoms. The second-order valence-electron chi connectivity index (χ2n) is 7.85. The smallest absolute Gasteiger partial charge is 0.341 e. The van der Waals surface area contributed by atoms with Crippen LogP contribution in [0.1, 0.15) is 16.2 Å². The Kier molecular flexibility index (Phi) is 9.63. The van der Waals surface area contributed by atoms with Crippen molar-refractivity contribution in [3.8, 4) is 16.9 Å². The van der Waals surface area contributed by atoms with Gasteiger partial charge in [-0.25, -0.2) is 9.18 Å². The maximum atomic E-state index is 13.4. The normalized spacial score (nSPS) is 10.8. The molecule has 0 aliphatic rings. The quantitative estimate of drug-likeness (QED) is 0.115. The van der Waals surface area contributed by atoms with Crippen LogP contribution in [0.4, 0.5) is 9.39 Å². The Hall–Kier alpha value is -3.38. The van der Waals surface area contributed by atoms with E-state index in [9.17, 15) is 14.0 Å². The van der Waals surface area contributed by atoms with Crippen molar-refractivity contribution in [1.29, 1.82) is 0 Å². The van der Waals surface area contributed by atoms with Crippen LogP contribution in [0.25, 0.3) is 11.1 Å². The van der Waals surface area contributed by atoms with E-state index in [0.29, 0.717) is 38.9 Å². The number of aromatic nitrogens is 3. The Morgan fingerprint density at radius 1 is 1.21 bits per heavy atom. The van der Waals surface area contributed by atoms with E-state index in [4.69, 9.17) is 32.7 Å². The number of nitrogens with one attached hydrogen (secondary N) is 1. The topological polar surface area (TPSA) is 95.3 Å². The van der Waals surface area contributed by atoms with E-state index < -0.39 is 11.8 Å². The number of hydrogen-bond acceptors (Lipinski definition) is 8. The monoisotopic (exact) mass is 606 g/mol. The molecule has 4 aromatic rings. The lowest BCUT2D eigenvalue weighted by atomic mass is 10.0. The highest BCUT2D eigenvalue weighted by Crippen LogP contribution is 2.37. The summed E-state index contributed by atoms with van der Waals surface area (Å²) in [6, 6.07) is 11.1. The van der Waals surface area contributed by atoms with Gasteiger partial charge in [-0.1, -0.05) is 53.2 Å². The van der Waals surface area contributed by atoms with E-state index in [-0.39, 0.29) is 28.9 Å². The first-order valence-electron chi connectivity index (χ1n) is 11.3. The van der Waals surface area contributed by atoms with Gasteiger partial charge in [-0.05, 0) is 29.8 Å². The van der Waals surface area contributed by atoms with Gasteiger partial charge in [0.2, 0.25) is 5.91 Å². The van der Waals surface area contributed by atoms with Crippen molar-refractivity contribution >= 4 is 63.2 Å². The molecule has 202 valence electrons. The van der Waals surface area contributed by atoms with Crippen LogP contribution in [-0.2, 0) is 22.7 Å². The summed E-state index contributed by atoms with van der Waals surface area (Å²) >= 11 is 14.2. The fraction of sp³-hybridized carbons (Fsp3) is 0.154. The molecule has 0 saturated carbocycles. The molecule has 1 N–H and O–H groups in total. The second kappa shape index (κ2) is 13.1. The lowest BCUT2D eigenvalue weighted by Crippen LogP contribution is -2.16. The van der Waals surface area contributed by atoms with Crippen LogP contribution in [0.3, 0.4) is 0 Å². The molecule has 2 heterocycles. The maximum absolute atomic E-state index is 13.4. The molecule has 2 aromatic heterocycles. The summed E-state index contributed by atoms with van der Waals surface area (Å²) in [6.45, 7) is 4.18. The van der Waals surface area contributed by atoms with E-state index in [0.717, 1.165) is 17.3 Å². The summed E-state index contributed by atoms with van der Waals surface area (Å²) in [4.78, 5) is 25.4. The largest absolute Gasteiger partial charge is 0.486 e. The van der Waals surface area contributed by atoms with E-state index >= 15 is 0 Å². The van der Waals surface area contributed by atoms with Crippen LogP contribution in [0.15, 0.2) is 65.7 Å². The Morgan fingerprint density at radius 2 is 1.97 bits per heavy atom. The van der Waals surface area contributed by atoms with Crippen LogP contribution in [0, 0.1) is 5.82 Å². The Labute approximate surface area is 241 Å². The molecule has 0 unspecified atom stereocenters. The number of ether oxygens (including phenoxy) is 2. The van der Waals surface area contributed by atoms with Gasteiger partial charge in [-0.3, -0.25) is 9.36 Å². The fourth-order valence-corrected chi connectivity index (χ4v) is 5.49. The lowest BCUT2D eigenvalue weighted by molar-refractivity contribution is -0.113. The first kappa shape index (κ1) is 28.6. The molecule has 4 rings (SSSR count). The average molecular weight is 608 g/mol. The lowest BCUT2D eigenvalue weighted by Gasteiger charge is -2.10. The van der Waals surface area contributed by atoms with Gasteiger partial charge in [-0.15, -0.1) is 28.1 Å². The molecule has 0 aliphatic heterocycles. The van der Waals surface area contributed by atoms with Gasteiger partial charge in [0.1, 0.15) is 28.7 Å². The molecule has 13 heteroatoms. The fourth-order valence-electron chi connectivity index (χ4n) is 3.45. The number of benzene rings is 2. The molecule has 39 heavy (non-hydrogen) atoms. The van der Waals surface area contributed by atoms with Crippen LogP contribution in [0.2, 0.25) is 10.0 Å². The zero-order valence-corrected chi connectivity index (χ0v) is 23.6. The minimum absolute atomic E-state index is 0.00149. The second-order valence-corrected chi connectivity index (χ2v) is 10.5. The third-order valence-electron chi connectivity index (χ3n) is 5.29. The molecule has 0 atom stereocenters. The summed E-state index contributed by atoms with van der Waals surface area (Å²) in [7, 11) is 1.28. The van der Waals surface area contributed by atoms with E-state index in [2.05, 4.69) is 22.1 Å². The number of carbonyl (C=O) groups excluding carboxylic acids is 2. The molecule has 0 aliphatic carbocycles. The highest BCUT2D eigenvalue weighted by Gasteiger charge is 2.23. The summed E-state index contributed by atoms with van der Waals surface area (Å²) in [5.74, 6) is -0.601. The number of esters is 1. The van der Waals surface area contributed by atoms with Crippen LogP contribution in [-0.4, -0.2) is 39.5 Å². The minimum Gasteiger partial charge on any atom is -0.486 e. The molecule has 0 fully saturated rings. The number of hydrogen-bond donors (Lipinski definition) is 1. The molecule has 0 saturated heterocycles. The number of anilines is 1. The number of thioether (sulfide) groups is 1. The minimum atomic E-state index is -0.568. The van der Waals surface area contributed by atoms with Crippen molar-refractivity contribution in [2.75, 3.05) is 18.2 Å². The molecule has 2 aromatic carbocycles. The van der Waals surface area contributed by atoms with Gasteiger partial charge in [0.15, 0.2) is 11.0 Å². The van der Waals surface area contributed by atoms with Gasteiger partial charge < -0.3 is 14.8 Å². The van der Waals surface area contributed by atoms with Gasteiger partial charge >= 0.3 is 5.97 Å². The Bertz CT molecular complexity index is 1510. The SMILES string of the molecule is C=CCn1c(COc2ccc(F)c(Cl)c2)nnc1SCC(=O)Nc1scc(-c2ccc(Cl)cc2)c1C(=O)OC. The van der Waals surface area contributed by atoms with E-state index in [1.807, 2.05) is 0 Å². The highest BCUT2D eigenvalue weighted by molar-refractivity contribution is 7.99. The molecule has 0 spiro atoms. The summed E-state index contributed by atoms with van der Waals surface area (Å²) in [6.07, 6.45) is 1.67. The van der Waals surface area contributed by atoms with Crippen LogP contribution in [0.5, 0.6) is 5.75 Å². The molecule has 0 radical (unpaired) electrons. The van der Waals surface area contributed by atoms with Gasteiger partial charge in [-0.2, -0.15) is 0 Å².